The maximum Gasteiger partial charge on any atom is 0.175 e. The van der Waals surface area contributed by atoms with Crippen LogP contribution in [0, 0.1) is 5.82 Å². The van der Waals surface area contributed by atoms with Crippen molar-refractivity contribution < 1.29 is 17.9 Å². The van der Waals surface area contributed by atoms with Gasteiger partial charge in [-0.15, -0.1) is 0 Å². The number of sulfone groups is 1. The Morgan fingerprint density at radius 2 is 1.83 bits per heavy atom. The Balaban J connectivity index is 1.62. The maximum atomic E-state index is 14.6. The fourth-order valence-electron chi connectivity index (χ4n) is 4.92. The number of likely N-dealkylation sites (N-methyl/N-ethyl adjacent to an activating group) is 1. The van der Waals surface area contributed by atoms with Crippen LogP contribution in [0.5, 0.6) is 5.75 Å². The van der Waals surface area contributed by atoms with Gasteiger partial charge in [-0.05, 0) is 56.3 Å². The lowest BCUT2D eigenvalue weighted by molar-refractivity contribution is 0.213. The summed E-state index contributed by atoms with van der Waals surface area (Å²) in [5.74, 6) is -0.133. The topological polar surface area (TPSA) is 60.9 Å². The number of hydrogen-bond acceptors (Lipinski definition) is 5. The number of hydrogen-bond donors (Lipinski definition) is 1. The Hall–Kier alpha value is -1.96. The molecular weight excluding hydrogens is 391 g/mol. The number of phenolic OH excluding ortho intramolecular Hbond substituents is 1. The summed E-state index contributed by atoms with van der Waals surface area (Å²) in [6.45, 7) is 1.60. The van der Waals surface area contributed by atoms with Crippen molar-refractivity contribution in [1.29, 1.82) is 0 Å². The number of nitrogens with zero attached hydrogens (tertiary/aromatic N) is 2. The molecule has 2 aliphatic rings. The highest BCUT2D eigenvalue weighted by Gasteiger charge is 2.41. The van der Waals surface area contributed by atoms with Crippen LogP contribution in [0.2, 0.25) is 0 Å². The molecule has 3 atom stereocenters. The highest BCUT2D eigenvalue weighted by molar-refractivity contribution is 7.90. The highest BCUT2D eigenvalue weighted by atomic mass is 32.2. The second kappa shape index (κ2) is 7.38. The molecule has 0 unspecified atom stereocenters. The van der Waals surface area contributed by atoms with E-state index < -0.39 is 9.84 Å². The van der Waals surface area contributed by atoms with E-state index in [1.165, 1.54) is 12.3 Å². The molecule has 1 aliphatic heterocycles. The summed E-state index contributed by atoms with van der Waals surface area (Å²) in [7, 11) is 0.876. The lowest BCUT2D eigenvalue weighted by Crippen LogP contribution is -2.35. The summed E-state index contributed by atoms with van der Waals surface area (Å²) in [6, 6.07) is 10.3. The van der Waals surface area contributed by atoms with Gasteiger partial charge in [0.15, 0.2) is 9.84 Å². The number of phenols is 1. The highest BCUT2D eigenvalue weighted by Crippen LogP contribution is 2.43. The average molecular weight is 419 g/mol. The first kappa shape index (κ1) is 20.3. The lowest BCUT2D eigenvalue weighted by Gasteiger charge is -2.26. The molecule has 1 heterocycles. The van der Waals surface area contributed by atoms with Crippen LogP contribution in [0.1, 0.15) is 35.1 Å². The third kappa shape index (κ3) is 3.79. The SMILES string of the molecule is CN(C)[C@@H]1CN([C@H]2CCc3cc(O)cc(F)c32)C[C@H]1c1ccc(S(C)(=O)=O)cc1. The number of fused-ring (bicyclic) bond motifs is 1. The first-order chi connectivity index (χ1) is 13.6. The molecule has 156 valence electrons. The first-order valence-electron chi connectivity index (χ1n) is 9.87. The Labute approximate surface area is 171 Å². The molecule has 2 aromatic carbocycles. The van der Waals surface area contributed by atoms with E-state index in [9.17, 15) is 17.9 Å². The molecule has 0 aromatic heterocycles. The summed E-state index contributed by atoms with van der Waals surface area (Å²) in [5.41, 5.74) is 2.71. The van der Waals surface area contributed by atoms with E-state index >= 15 is 0 Å². The van der Waals surface area contributed by atoms with Crippen molar-refractivity contribution in [2.45, 2.75) is 35.7 Å². The number of aromatic hydroxyl groups is 1. The zero-order chi connectivity index (χ0) is 20.9. The second-order valence-electron chi connectivity index (χ2n) is 8.49. The van der Waals surface area contributed by atoms with E-state index in [-0.39, 0.29) is 29.6 Å². The van der Waals surface area contributed by atoms with Crippen molar-refractivity contribution in [3.63, 3.8) is 0 Å². The molecule has 7 heteroatoms. The van der Waals surface area contributed by atoms with Gasteiger partial charge in [-0.1, -0.05) is 12.1 Å². The number of benzene rings is 2. The molecule has 1 N–H and O–H groups in total. The number of halogens is 1. The normalized spacial score (nSPS) is 24.9. The van der Waals surface area contributed by atoms with E-state index in [0.717, 1.165) is 37.1 Å². The molecular formula is C22H27FN2O3S. The predicted molar refractivity (Wildman–Crippen MR) is 110 cm³/mol. The van der Waals surface area contributed by atoms with Gasteiger partial charge >= 0.3 is 0 Å². The average Bonchev–Trinajstić information content (AvgIpc) is 3.25. The minimum absolute atomic E-state index is 0.00772. The zero-order valence-corrected chi connectivity index (χ0v) is 17.8. The molecule has 29 heavy (non-hydrogen) atoms. The van der Waals surface area contributed by atoms with Crippen molar-refractivity contribution in [3.05, 3.63) is 58.9 Å². The first-order valence-corrected chi connectivity index (χ1v) is 11.8. The molecule has 0 amide bonds. The van der Waals surface area contributed by atoms with E-state index in [1.54, 1.807) is 18.2 Å². The van der Waals surface area contributed by atoms with Gasteiger partial charge in [-0.2, -0.15) is 0 Å². The van der Waals surface area contributed by atoms with Crippen LogP contribution in [0.4, 0.5) is 4.39 Å². The Morgan fingerprint density at radius 1 is 1.14 bits per heavy atom. The third-order valence-corrected chi connectivity index (χ3v) is 7.51. The van der Waals surface area contributed by atoms with Crippen LogP contribution < -0.4 is 0 Å². The van der Waals surface area contributed by atoms with Crippen LogP contribution in [0.25, 0.3) is 0 Å². The lowest BCUT2D eigenvalue weighted by atomic mass is 9.94. The van der Waals surface area contributed by atoms with Crippen LogP contribution in [0.3, 0.4) is 0 Å². The van der Waals surface area contributed by atoms with Crippen molar-refractivity contribution >= 4 is 9.84 Å². The molecule has 2 aromatic rings. The largest absolute Gasteiger partial charge is 0.508 e. The Bertz CT molecular complexity index is 1020. The third-order valence-electron chi connectivity index (χ3n) is 6.38. The van der Waals surface area contributed by atoms with E-state index in [0.29, 0.717) is 10.5 Å². The standard InChI is InChI=1S/C22H27FN2O3S/c1-24(2)21-13-25(20-9-6-15-10-16(26)11-19(23)22(15)20)12-18(21)14-4-7-17(8-5-14)29(3,27)28/h4-5,7-8,10-11,18,20-21,26H,6,9,12-13H2,1-3H3/t18-,20-,21+/m0/s1. The van der Waals surface area contributed by atoms with E-state index in [2.05, 4.69) is 9.80 Å². The molecule has 1 aliphatic carbocycles. The Kier molecular flexibility index (Phi) is 5.17. The number of rotatable bonds is 4. The Morgan fingerprint density at radius 3 is 2.45 bits per heavy atom. The minimum Gasteiger partial charge on any atom is -0.508 e. The maximum absolute atomic E-state index is 14.6. The molecule has 1 saturated heterocycles. The molecule has 1 fully saturated rings. The predicted octanol–water partition coefficient (Wildman–Crippen LogP) is 2.95. The summed E-state index contributed by atoms with van der Waals surface area (Å²) >= 11 is 0. The fourth-order valence-corrected chi connectivity index (χ4v) is 5.55. The van der Waals surface area contributed by atoms with Crippen LogP contribution in [-0.2, 0) is 16.3 Å². The van der Waals surface area contributed by atoms with Gasteiger partial charge in [-0.3, -0.25) is 4.90 Å². The fraction of sp³-hybridized carbons (Fsp3) is 0.455. The molecule has 5 nitrogen and oxygen atoms in total. The molecule has 0 radical (unpaired) electrons. The smallest absolute Gasteiger partial charge is 0.175 e. The minimum atomic E-state index is -3.22. The van der Waals surface area contributed by atoms with Crippen LogP contribution >= 0.6 is 0 Å². The number of aryl methyl sites for hydroxylation is 1. The van der Waals surface area contributed by atoms with Gasteiger partial charge in [0.25, 0.3) is 0 Å². The van der Waals surface area contributed by atoms with Crippen LogP contribution in [-0.4, -0.2) is 62.8 Å². The summed E-state index contributed by atoms with van der Waals surface area (Å²) in [4.78, 5) is 4.85. The summed E-state index contributed by atoms with van der Waals surface area (Å²) in [5, 5.41) is 9.71. The van der Waals surface area contributed by atoms with Crippen molar-refractivity contribution in [2.75, 3.05) is 33.4 Å². The van der Waals surface area contributed by atoms with E-state index in [4.69, 9.17) is 0 Å². The van der Waals surface area contributed by atoms with Gasteiger partial charge in [0.05, 0.1) is 4.90 Å². The molecule has 0 bridgehead atoms. The van der Waals surface area contributed by atoms with Crippen molar-refractivity contribution in [2.24, 2.45) is 0 Å². The van der Waals surface area contributed by atoms with Gasteiger partial charge < -0.3 is 10.0 Å². The van der Waals surface area contributed by atoms with Crippen LogP contribution in [0.15, 0.2) is 41.3 Å². The van der Waals surface area contributed by atoms with Gasteiger partial charge in [0.1, 0.15) is 11.6 Å². The van der Waals surface area contributed by atoms with Gasteiger partial charge in [0.2, 0.25) is 0 Å². The quantitative estimate of drug-likeness (QED) is 0.827. The second-order valence-corrected chi connectivity index (χ2v) is 10.5. The monoisotopic (exact) mass is 418 g/mol. The van der Waals surface area contributed by atoms with Crippen molar-refractivity contribution in [1.82, 2.24) is 9.80 Å². The van der Waals surface area contributed by atoms with Gasteiger partial charge in [0, 0.05) is 49.0 Å². The molecule has 4 rings (SSSR count). The number of likely N-dealkylation sites (tertiary alicyclic amines) is 1. The molecule has 0 spiro atoms. The zero-order valence-electron chi connectivity index (χ0n) is 17.0. The summed E-state index contributed by atoms with van der Waals surface area (Å²) in [6.07, 6.45) is 2.82. The molecule has 0 saturated carbocycles. The van der Waals surface area contributed by atoms with Crippen molar-refractivity contribution in [3.8, 4) is 5.75 Å². The van der Waals surface area contributed by atoms with E-state index in [1.807, 2.05) is 26.2 Å². The summed E-state index contributed by atoms with van der Waals surface area (Å²) < 4.78 is 38.2. The van der Waals surface area contributed by atoms with Gasteiger partial charge in [-0.25, -0.2) is 12.8 Å².